The van der Waals surface area contributed by atoms with E-state index in [0.717, 1.165) is 57.0 Å². The number of aromatic nitrogens is 2. The lowest BCUT2D eigenvalue weighted by Gasteiger charge is -2.43. The number of anilines is 2. The Bertz CT molecular complexity index is 1280. The van der Waals surface area contributed by atoms with E-state index in [1.165, 1.54) is 16.8 Å². The lowest BCUT2D eigenvalue weighted by molar-refractivity contribution is -0.0483. The third-order valence-corrected chi connectivity index (χ3v) is 8.01. The number of rotatable bonds is 2. The van der Waals surface area contributed by atoms with Crippen LogP contribution in [0.5, 0.6) is 0 Å². The molecule has 0 amide bonds. The van der Waals surface area contributed by atoms with Crippen LogP contribution >= 0.6 is 0 Å². The van der Waals surface area contributed by atoms with E-state index in [4.69, 9.17) is 4.74 Å². The quantitative estimate of drug-likeness (QED) is 0.635. The van der Waals surface area contributed by atoms with Crippen molar-refractivity contribution in [3.8, 4) is 6.07 Å². The molecule has 0 radical (unpaired) electrons. The number of fused-ring (bicyclic) bond motifs is 6. The second-order valence-electron chi connectivity index (χ2n) is 10.1. The van der Waals surface area contributed by atoms with E-state index in [0.29, 0.717) is 17.8 Å². The predicted molar refractivity (Wildman–Crippen MR) is 130 cm³/mol. The van der Waals surface area contributed by atoms with Crippen LogP contribution in [0.3, 0.4) is 0 Å². The molecule has 8 heteroatoms. The van der Waals surface area contributed by atoms with Crippen LogP contribution < -0.4 is 15.1 Å². The maximum absolute atomic E-state index is 9.45. The summed E-state index contributed by atoms with van der Waals surface area (Å²) in [5.74, 6) is 0. The van der Waals surface area contributed by atoms with E-state index in [2.05, 4.69) is 62.4 Å². The Morgan fingerprint density at radius 1 is 1.03 bits per heavy atom. The van der Waals surface area contributed by atoms with Crippen LogP contribution in [0, 0.1) is 11.3 Å². The van der Waals surface area contributed by atoms with Crippen molar-refractivity contribution in [1.29, 1.82) is 5.26 Å². The van der Waals surface area contributed by atoms with Crippen molar-refractivity contribution in [1.82, 2.24) is 19.8 Å². The molecule has 3 fully saturated rings. The van der Waals surface area contributed by atoms with Crippen molar-refractivity contribution in [3.05, 3.63) is 59.4 Å². The van der Waals surface area contributed by atoms with E-state index >= 15 is 0 Å². The SMILES string of the molecule is C[C@@H]1CN(c2ccc(C#N)n3nccc23)C[C@@H]2c3ccc(N4CC5CNCC(C4)O5)cc3CN12. The Hall–Kier alpha value is -3.12. The van der Waals surface area contributed by atoms with Crippen LogP contribution in [-0.4, -0.2) is 72.0 Å². The summed E-state index contributed by atoms with van der Waals surface area (Å²) < 4.78 is 7.87. The molecule has 3 aromatic rings. The minimum atomic E-state index is 0.286. The highest BCUT2D eigenvalue weighted by Gasteiger charge is 2.40. The molecule has 4 atom stereocenters. The zero-order valence-electron chi connectivity index (χ0n) is 19.4. The van der Waals surface area contributed by atoms with Gasteiger partial charge in [-0.05, 0) is 48.4 Å². The second-order valence-corrected chi connectivity index (χ2v) is 10.1. The number of ether oxygens (including phenoxy) is 1. The molecule has 3 saturated heterocycles. The monoisotopic (exact) mass is 455 g/mol. The fourth-order valence-electron chi connectivity index (χ4n) is 6.43. The molecule has 0 aliphatic carbocycles. The Kier molecular flexibility index (Phi) is 4.59. The number of morpholine rings is 2. The number of benzene rings is 1. The molecule has 2 bridgehead atoms. The first kappa shape index (κ1) is 20.3. The summed E-state index contributed by atoms with van der Waals surface area (Å²) in [6, 6.07) is 16.1. The summed E-state index contributed by atoms with van der Waals surface area (Å²) in [7, 11) is 0. The van der Waals surface area contributed by atoms with Gasteiger partial charge in [-0.1, -0.05) is 6.07 Å². The van der Waals surface area contributed by atoms with Gasteiger partial charge in [-0.3, -0.25) is 4.90 Å². The van der Waals surface area contributed by atoms with Crippen LogP contribution in [0.15, 0.2) is 42.6 Å². The standard InChI is InChI=1S/C26H29N7O/c1-17-12-31(24-5-3-20(9-27)33-25(24)6-7-29-33)16-26-23-4-2-19(8-18(23)13-32(17)26)30-14-21-10-28-11-22(15-30)34-21/h2-8,17,21-22,26,28H,10-16H2,1H3/t17-,21?,22?,26-/m1/s1. The maximum atomic E-state index is 9.45. The summed E-state index contributed by atoms with van der Waals surface area (Å²) in [4.78, 5) is 7.64. The zero-order valence-corrected chi connectivity index (χ0v) is 19.4. The van der Waals surface area contributed by atoms with Gasteiger partial charge in [-0.15, -0.1) is 0 Å². The predicted octanol–water partition coefficient (Wildman–Crippen LogP) is 2.15. The second kappa shape index (κ2) is 7.70. The highest BCUT2D eigenvalue weighted by Crippen LogP contribution is 2.42. The maximum Gasteiger partial charge on any atom is 0.142 e. The smallest absolute Gasteiger partial charge is 0.142 e. The van der Waals surface area contributed by atoms with Crippen molar-refractivity contribution < 1.29 is 4.74 Å². The highest BCUT2D eigenvalue weighted by molar-refractivity contribution is 5.74. The van der Waals surface area contributed by atoms with E-state index < -0.39 is 0 Å². The van der Waals surface area contributed by atoms with Gasteiger partial charge in [0.2, 0.25) is 0 Å². The molecule has 2 unspecified atom stereocenters. The molecule has 1 N–H and O–H groups in total. The van der Waals surface area contributed by atoms with Gasteiger partial charge in [-0.25, -0.2) is 4.52 Å². The largest absolute Gasteiger partial charge is 0.369 e. The molecular weight excluding hydrogens is 426 g/mol. The lowest BCUT2D eigenvalue weighted by Crippen LogP contribution is -2.58. The lowest BCUT2D eigenvalue weighted by atomic mass is 10.00. The fourth-order valence-corrected chi connectivity index (χ4v) is 6.43. The minimum Gasteiger partial charge on any atom is -0.369 e. The van der Waals surface area contributed by atoms with Gasteiger partial charge in [-0.2, -0.15) is 10.4 Å². The van der Waals surface area contributed by atoms with Crippen LogP contribution in [0.1, 0.15) is 29.8 Å². The van der Waals surface area contributed by atoms with Crippen molar-refractivity contribution in [2.24, 2.45) is 0 Å². The molecule has 2 aromatic heterocycles. The van der Waals surface area contributed by atoms with Gasteiger partial charge in [0.25, 0.3) is 0 Å². The number of nitrogens with one attached hydrogen (secondary N) is 1. The number of nitriles is 1. The summed E-state index contributed by atoms with van der Waals surface area (Å²) in [6.45, 7) is 9.05. The fraction of sp³-hybridized carbons (Fsp3) is 0.462. The van der Waals surface area contributed by atoms with Gasteiger partial charge in [0, 0.05) is 57.5 Å². The van der Waals surface area contributed by atoms with Crippen LogP contribution in [0.4, 0.5) is 11.4 Å². The number of hydrogen-bond acceptors (Lipinski definition) is 7. The molecule has 8 nitrogen and oxygen atoms in total. The molecule has 4 aliphatic rings. The molecule has 1 aromatic carbocycles. The highest BCUT2D eigenvalue weighted by atomic mass is 16.5. The van der Waals surface area contributed by atoms with Crippen molar-refractivity contribution >= 4 is 16.9 Å². The van der Waals surface area contributed by atoms with Crippen LogP contribution in [0.25, 0.3) is 5.52 Å². The molecule has 6 heterocycles. The Morgan fingerprint density at radius 3 is 2.71 bits per heavy atom. The summed E-state index contributed by atoms with van der Waals surface area (Å²) in [5.41, 5.74) is 6.96. The van der Waals surface area contributed by atoms with Gasteiger partial charge >= 0.3 is 0 Å². The van der Waals surface area contributed by atoms with Crippen LogP contribution in [0.2, 0.25) is 0 Å². The molecule has 7 rings (SSSR count). The molecule has 174 valence electrons. The third-order valence-electron chi connectivity index (χ3n) is 8.01. The molecule has 0 spiro atoms. The van der Waals surface area contributed by atoms with Crippen molar-refractivity contribution in [2.75, 3.05) is 49.1 Å². The van der Waals surface area contributed by atoms with Gasteiger partial charge < -0.3 is 19.9 Å². The van der Waals surface area contributed by atoms with Crippen LogP contribution in [-0.2, 0) is 11.3 Å². The number of piperazine rings is 1. The molecular formula is C26H29N7O. The first-order valence-electron chi connectivity index (χ1n) is 12.3. The summed E-state index contributed by atoms with van der Waals surface area (Å²) in [6.07, 6.45) is 2.35. The first-order chi connectivity index (χ1) is 16.7. The average Bonchev–Trinajstić information content (AvgIpc) is 3.48. The Morgan fingerprint density at radius 2 is 1.88 bits per heavy atom. The minimum absolute atomic E-state index is 0.286. The van der Waals surface area contributed by atoms with Gasteiger partial charge in [0.1, 0.15) is 11.8 Å². The molecule has 4 aliphatic heterocycles. The van der Waals surface area contributed by atoms with E-state index in [1.54, 1.807) is 10.7 Å². The third kappa shape index (κ3) is 3.12. The van der Waals surface area contributed by atoms with Crippen molar-refractivity contribution in [3.63, 3.8) is 0 Å². The number of hydrogen-bond donors (Lipinski definition) is 1. The summed E-state index contributed by atoms with van der Waals surface area (Å²) in [5, 5.41) is 17.3. The van der Waals surface area contributed by atoms with Gasteiger partial charge in [0.05, 0.1) is 35.7 Å². The molecule has 0 saturated carbocycles. The van der Waals surface area contributed by atoms with E-state index in [-0.39, 0.29) is 12.2 Å². The number of nitrogens with zero attached hydrogens (tertiary/aromatic N) is 6. The Balaban J connectivity index is 1.18. The number of pyridine rings is 1. The summed E-state index contributed by atoms with van der Waals surface area (Å²) >= 11 is 0. The van der Waals surface area contributed by atoms with Crippen molar-refractivity contribution in [2.45, 2.75) is 37.8 Å². The topological polar surface area (TPSA) is 72.1 Å². The van der Waals surface area contributed by atoms with Gasteiger partial charge in [0.15, 0.2) is 0 Å². The molecule has 34 heavy (non-hydrogen) atoms. The normalized spacial score (nSPS) is 28.6. The Labute approximate surface area is 199 Å². The zero-order chi connectivity index (χ0) is 22.8. The van der Waals surface area contributed by atoms with E-state index in [9.17, 15) is 5.26 Å². The first-order valence-corrected chi connectivity index (χ1v) is 12.3. The van der Waals surface area contributed by atoms with E-state index in [1.807, 2.05) is 12.1 Å². The average molecular weight is 456 g/mol.